The highest BCUT2D eigenvalue weighted by Crippen LogP contribution is 2.37. The molecule has 0 saturated heterocycles. The van der Waals surface area contributed by atoms with Gasteiger partial charge in [0.25, 0.3) is 5.91 Å². The fourth-order valence-corrected chi connectivity index (χ4v) is 4.27. The van der Waals surface area contributed by atoms with Crippen LogP contribution in [0.25, 0.3) is 0 Å². The van der Waals surface area contributed by atoms with Gasteiger partial charge >= 0.3 is 6.18 Å². The number of aromatic nitrogens is 1. The van der Waals surface area contributed by atoms with Gasteiger partial charge in [-0.15, -0.1) is 0 Å². The smallest absolute Gasteiger partial charge is 0.436 e. The molecule has 0 spiro atoms. The Morgan fingerprint density at radius 3 is 2.35 bits per heavy atom. The number of carbonyl (C=O) groups is 3. The summed E-state index contributed by atoms with van der Waals surface area (Å²) in [6.07, 6.45) is -4.66. The zero-order valence-corrected chi connectivity index (χ0v) is 17.6. The van der Waals surface area contributed by atoms with E-state index in [1.54, 1.807) is 0 Å². The van der Waals surface area contributed by atoms with Crippen LogP contribution < -0.4 is 5.32 Å². The molecule has 9 heteroatoms. The third-order valence-corrected chi connectivity index (χ3v) is 5.47. The quantitative estimate of drug-likeness (QED) is 0.716. The van der Waals surface area contributed by atoms with Crippen molar-refractivity contribution in [3.05, 3.63) is 51.7 Å². The van der Waals surface area contributed by atoms with Gasteiger partial charge in [0.1, 0.15) is 11.7 Å². The van der Waals surface area contributed by atoms with Gasteiger partial charge in [0, 0.05) is 25.8 Å². The van der Waals surface area contributed by atoms with Gasteiger partial charge < -0.3 is 9.73 Å². The average molecular weight is 436 g/mol. The van der Waals surface area contributed by atoms with Gasteiger partial charge in [0.15, 0.2) is 17.4 Å². The summed E-state index contributed by atoms with van der Waals surface area (Å²) in [5, 5.41) is 2.35. The van der Waals surface area contributed by atoms with Crippen LogP contribution in [0, 0.1) is 33.6 Å². The number of oxazole rings is 1. The molecule has 2 atom stereocenters. The minimum absolute atomic E-state index is 0.0446. The molecule has 6 nitrogen and oxygen atoms in total. The molecule has 0 bridgehead atoms. The number of alkyl halides is 3. The van der Waals surface area contributed by atoms with E-state index < -0.39 is 35.4 Å². The maximum Gasteiger partial charge on any atom is 0.452 e. The molecule has 1 aromatic heterocycles. The van der Waals surface area contributed by atoms with Crippen LogP contribution in [0.5, 0.6) is 0 Å². The Morgan fingerprint density at radius 2 is 1.77 bits per heavy atom. The molecule has 1 heterocycles. The summed E-state index contributed by atoms with van der Waals surface area (Å²) >= 11 is 0. The summed E-state index contributed by atoms with van der Waals surface area (Å²) in [7, 11) is 0. The summed E-state index contributed by atoms with van der Waals surface area (Å²) in [4.78, 5) is 41.2. The van der Waals surface area contributed by atoms with Gasteiger partial charge in [-0.25, -0.2) is 4.98 Å². The van der Waals surface area contributed by atoms with Gasteiger partial charge in [0.2, 0.25) is 5.76 Å². The van der Waals surface area contributed by atoms with Crippen LogP contribution in [0.2, 0.25) is 0 Å². The van der Waals surface area contributed by atoms with E-state index >= 15 is 0 Å². The van der Waals surface area contributed by atoms with Crippen molar-refractivity contribution >= 4 is 17.5 Å². The molecule has 1 amide bonds. The number of nitrogens with one attached hydrogen (secondary N) is 1. The molecule has 1 aromatic carbocycles. The standard InChI is InChI=1S/C22H23F3N2O4/c1-10-7-11(2)16(12(3)8-10)17-15(28)9-14(19(17)29)5-6-26-21(30)18-20(22(23,24)25)31-13(4)27-18/h7-8,14,17H,5-6,9H2,1-4H3,(H,26,30). The molecule has 0 radical (unpaired) electrons. The largest absolute Gasteiger partial charge is 0.452 e. The van der Waals surface area contributed by atoms with E-state index in [1.165, 1.54) is 6.92 Å². The van der Waals surface area contributed by atoms with Crippen LogP contribution in [0.3, 0.4) is 0 Å². The second kappa shape index (κ2) is 8.28. The first-order valence-electron chi connectivity index (χ1n) is 9.87. The molecule has 1 fully saturated rings. The van der Waals surface area contributed by atoms with Crippen LogP contribution in [0.1, 0.15) is 63.2 Å². The number of Topliss-reactive ketones (excluding diaryl/α,β-unsaturated/α-hetero) is 2. The minimum Gasteiger partial charge on any atom is -0.436 e. The van der Waals surface area contributed by atoms with Crippen LogP contribution in [0.4, 0.5) is 13.2 Å². The van der Waals surface area contributed by atoms with Crippen molar-refractivity contribution in [2.75, 3.05) is 6.54 Å². The number of benzene rings is 1. The number of rotatable bonds is 5. The number of ketones is 2. The van der Waals surface area contributed by atoms with Crippen LogP contribution in [-0.2, 0) is 15.8 Å². The van der Waals surface area contributed by atoms with Gasteiger partial charge in [-0.05, 0) is 43.9 Å². The Balaban J connectivity index is 1.67. The van der Waals surface area contributed by atoms with Gasteiger partial charge in [-0.2, -0.15) is 13.2 Å². The second-order valence-electron chi connectivity index (χ2n) is 7.97. The summed E-state index contributed by atoms with van der Waals surface area (Å²) in [6, 6.07) is 3.85. The van der Waals surface area contributed by atoms with Gasteiger partial charge in [-0.1, -0.05) is 17.7 Å². The Kier molecular flexibility index (Phi) is 6.07. The lowest BCUT2D eigenvalue weighted by atomic mass is 9.86. The first kappa shape index (κ1) is 22.7. The fraction of sp³-hybridized carbons (Fsp3) is 0.455. The molecule has 2 unspecified atom stereocenters. The lowest BCUT2D eigenvalue weighted by molar-refractivity contribution is -0.153. The van der Waals surface area contributed by atoms with Crippen LogP contribution in [0.15, 0.2) is 16.5 Å². The SMILES string of the molecule is Cc1cc(C)c(C2C(=O)CC(CCNC(=O)c3nc(C)oc3C(F)(F)F)C2=O)c(C)c1. The number of hydrogen-bond acceptors (Lipinski definition) is 5. The van der Waals surface area contributed by atoms with E-state index in [0.29, 0.717) is 0 Å². The first-order chi connectivity index (χ1) is 14.4. The topological polar surface area (TPSA) is 89.3 Å². The fourth-order valence-electron chi connectivity index (χ4n) is 4.27. The summed E-state index contributed by atoms with van der Waals surface area (Å²) < 4.78 is 43.5. The van der Waals surface area contributed by atoms with Crippen molar-refractivity contribution in [3.8, 4) is 0 Å². The summed E-state index contributed by atoms with van der Waals surface area (Å²) in [6.45, 7) is 6.81. The van der Waals surface area contributed by atoms with E-state index in [1.807, 2.05) is 32.9 Å². The number of hydrogen-bond donors (Lipinski definition) is 1. The maximum absolute atomic E-state index is 13.0. The molecule has 1 aliphatic carbocycles. The van der Waals surface area contributed by atoms with Crippen molar-refractivity contribution < 1.29 is 32.0 Å². The number of carbonyl (C=O) groups excluding carboxylic acids is 3. The molecule has 0 aliphatic heterocycles. The van der Waals surface area contributed by atoms with E-state index in [0.717, 1.165) is 22.3 Å². The normalized spacial score (nSPS) is 19.2. The van der Waals surface area contributed by atoms with Crippen molar-refractivity contribution in [1.82, 2.24) is 10.3 Å². The molecule has 2 aromatic rings. The van der Waals surface area contributed by atoms with Gasteiger partial charge in [-0.3, -0.25) is 14.4 Å². The molecule has 1 saturated carbocycles. The van der Waals surface area contributed by atoms with E-state index in [-0.39, 0.29) is 36.8 Å². The predicted octanol–water partition coefficient (Wildman–Crippen LogP) is 3.99. The van der Waals surface area contributed by atoms with E-state index in [9.17, 15) is 27.6 Å². The van der Waals surface area contributed by atoms with Crippen molar-refractivity contribution in [2.24, 2.45) is 5.92 Å². The zero-order valence-electron chi connectivity index (χ0n) is 17.6. The molecule has 1 N–H and O–H groups in total. The molecule has 1 aliphatic rings. The molecular weight excluding hydrogens is 413 g/mol. The van der Waals surface area contributed by atoms with E-state index in [4.69, 9.17) is 0 Å². The molecule has 3 rings (SSSR count). The Morgan fingerprint density at radius 1 is 1.16 bits per heavy atom. The summed E-state index contributed by atoms with van der Waals surface area (Å²) in [5.41, 5.74) is 2.67. The van der Waals surface area contributed by atoms with E-state index in [2.05, 4.69) is 14.7 Å². The van der Waals surface area contributed by atoms with Crippen LogP contribution >= 0.6 is 0 Å². The van der Waals surface area contributed by atoms with Crippen molar-refractivity contribution in [1.29, 1.82) is 0 Å². The predicted molar refractivity (Wildman–Crippen MR) is 105 cm³/mol. The lowest BCUT2D eigenvalue weighted by Gasteiger charge is -2.16. The molecule has 166 valence electrons. The third kappa shape index (κ3) is 4.55. The Bertz CT molecular complexity index is 1030. The zero-order chi connectivity index (χ0) is 23.1. The number of nitrogens with zero attached hydrogens (tertiary/aromatic N) is 1. The van der Waals surface area contributed by atoms with Crippen molar-refractivity contribution in [3.63, 3.8) is 0 Å². The number of amides is 1. The van der Waals surface area contributed by atoms with Crippen LogP contribution in [-0.4, -0.2) is 29.0 Å². The monoisotopic (exact) mass is 436 g/mol. The van der Waals surface area contributed by atoms with Gasteiger partial charge in [0.05, 0.1) is 0 Å². The highest BCUT2D eigenvalue weighted by Gasteiger charge is 2.43. The maximum atomic E-state index is 13.0. The lowest BCUT2D eigenvalue weighted by Crippen LogP contribution is -2.29. The number of halogens is 3. The Hall–Kier alpha value is -2.97. The third-order valence-electron chi connectivity index (χ3n) is 5.47. The molecular formula is C22H23F3N2O4. The highest BCUT2D eigenvalue weighted by molar-refractivity contribution is 6.15. The summed E-state index contributed by atoms with van der Waals surface area (Å²) in [5.74, 6) is -4.61. The molecule has 31 heavy (non-hydrogen) atoms. The highest BCUT2D eigenvalue weighted by atomic mass is 19.4. The second-order valence-corrected chi connectivity index (χ2v) is 7.97. The Labute approximate surface area is 177 Å². The average Bonchev–Trinajstić information content (AvgIpc) is 3.16. The number of aryl methyl sites for hydroxylation is 4. The minimum atomic E-state index is -4.85. The van der Waals surface area contributed by atoms with Crippen molar-refractivity contribution in [2.45, 2.75) is 52.6 Å². The first-order valence-corrected chi connectivity index (χ1v) is 9.87.